The predicted octanol–water partition coefficient (Wildman–Crippen LogP) is 2.58. The first-order valence-electron chi connectivity index (χ1n) is 6.75. The Morgan fingerprint density at radius 3 is 2.55 bits per heavy atom. The molecular formula is C15H20N2O2S. The topological polar surface area (TPSA) is 58.2 Å². The predicted molar refractivity (Wildman–Crippen MR) is 84.5 cm³/mol. The number of rotatable bonds is 7. The molecule has 0 atom stereocenters. The van der Waals surface area contributed by atoms with E-state index >= 15 is 0 Å². The van der Waals surface area contributed by atoms with E-state index in [9.17, 15) is 8.42 Å². The van der Waals surface area contributed by atoms with Crippen LogP contribution in [-0.2, 0) is 10.0 Å². The quantitative estimate of drug-likeness (QED) is 0.771. The molecule has 0 bridgehead atoms. The maximum atomic E-state index is 12.1. The first kappa shape index (κ1) is 14.8. The lowest BCUT2D eigenvalue weighted by Gasteiger charge is -2.10. The van der Waals surface area contributed by atoms with Crippen LogP contribution >= 0.6 is 0 Å². The maximum Gasteiger partial charge on any atom is 0.232 e. The van der Waals surface area contributed by atoms with Crippen LogP contribution in [0.25, 0.3) is 10.8 Å². The van der Waals surface area contributed by atoms with Gasteiger partial charge in [-0.1, -0.05) is 36.4 Å². The standard InChI is InChI=1S/C15H20N2O2S/c1-16-11-4-5-12-20(18,19)17-15-10-6-8-13-7-2-3-9-14(13)15/h2-3,6-10,16-17H,4-5,11-12H2,1H3. The van der Waals surface area contributed by atoms with Crippen LogP contribution in [0.1, 0.15) is 12.8 Å². The number of fused-ring (bicyclic) bond motifs is 1. The van der Waals surface area contributed by atoms with E-state index in [1.54, 1.807) is 6.07 Å². The molecule has 0 amide bonds. The van der Waals surface area contributed by atoms with E-state index in [4.69, 9.17) is 0 Å². The molecule has 2 aromatic carbocycles. The largest absolute Gasteiger partial charge is 0.320 e. The molecule has 2 N–H and O–H groups in total. The molecule has 0 fully saturated rings. The van der Waals surface area contributed by atoms with Gasteiger partial charge < -0.3 is 5.32 Å². The Kier molecular flexibility index (Phi) is 4.98. The van der Waals surface area contributed by atoms with Crippen molar-refractivity contribution in [1.82, 2.24) is 5.32 Å². The molecule has 108 valence electrons. The van der Waals surface area contributed by atoms with Crippen LogP contribution in [0, 0.1) is 0 Å². The number of hydrogen-bond donors (Lipinski definition) is 2. The molecule has 2 rings (SSSR count). The summed E-state index contributed by atoms with van der Waals surface area (Å²) in [7, 11) is -1.42. The second-order valence-corrected chi connectivity index (χ2v) is 6.60. The van der Waals surface area contributed by atoms with Crippen molar-refractivity contribution >= 4 is 26.5 Å². The Morgan fingerprint density at radius 2 is 1.75 bits per heavy atom. The highest BCUT2D eigenvalue weighted by atomic mass is 32.2. The molecule has 2 aromatic rings. The lowest BCUT2D eigenvalue weighted by Crippen LogP contribution is -2.18. The van der Waals surface area contributed by atoms with Crippen LogP contribution in [0.2, 0.25) is 0 Å². The van der Waals surface area contributed by atoms with E-state index in [0.717, 1.165) is 23.7 Å². The molecule has 4 nitrogen and oxygen atoms in total. The summed E-state index contributed by atoms with van der Waals surface area (Å²) < 4.78 is 26.8. The third kappa shape index (κ3) is 3.95. The van der Waals surface area contributed by atoms with Crippen LogP contribution in [0.5, 0.6) is 0 Å². The molecule has 0 aliphatic rings. The summed E-state index contributed by atoms with van der Waals surface area (Å²) in [5.41, 5.74) is 0.650. The lowest BCUT2D eigenvalue weighted by molar-refractivity contribution is 0.595. The minimum atomic E-state index is -3.28. The highest BCUT2D eigenvalue weighted by Gasteiger charge is 2.11. The zero-order valence-electron chi connectivity index (χ0n) is 11.6. The van der Waals surface area contributed by atoms with Gasteiger partial charge in [0.1, 0.15) is 0 Å². The van der Waals surface area contributed by atoms with Gasteiger partial charge in [0.05, 0.1) is 11.4 Å². The summed E-state index contributed by atoms with van der Waals surface area (Å²) in [4.78, 5) is 0. The molecule has 0 saturated carbocycles. The van der Waals surface area contributed by atoms with Gasteiger partial charge in [-0.15, -0.1) is 0 Å². The first-order valence-corrected chi connectivity index (χ1v) is 8.40. The van der Waals surface area contributed by atoms with Crippen LogP contribution < -0.4 is 10.0 Å². The van der Waals surface area contributed by atoms with E-state index in [-0.39, 0.29) is 5.75 Å². The van der Waals surface area contributed by atoms with E-state index < -0.39 is 10.0 Å². The Balaban J connectivity index is 2.11. The van der Waals surface area contributed by atoms with Gasteiger partial charge in [0.2, 0.25) is 10.0 Å². The number of hydrogen-bond acceptors (Lipinski definition) is 3. The molecule has 0 unspecified atom stereocenters. The third-order valence-electron chi connectivity index (χ3n) is 3.14. The molecule has 0 radical (unpaired) electrons. The average molecular weight is 292 g/mol. The van der Waals surface area contributed by atoms with Gasteiger partial charge in [-0.05, 0) is 37.9 Å². The van der Waals surface area contributed by atoms with Crippen LogP contribution in [0.3, 0.4) is 0 Å². The van der Waals surface area contributed by atoms with E-state index in [1.807, 2.05) is 43.4 Å². The van der Waals surface area contributed by atoms with Gasteiger partial charge in [-0.25, -0.2) is 8.42 Å². The highest BCUT2D eigenvalue weighted by molar-refractivity contribution is 7.92. The van der Waals surface area contributed by atoms with Crippen molar-refractivity contribution in [2.45, 2.75) is 12.8 Å². The molecule has 0 aromatic heterocycles. The van der Waals surface area contributed by atoms with E-state index in [1.165, 1.54) is 0 Å². The minimum Gasteiger partial charge on any atom is -0.320 e. The molecule has 0 spiro atoms. The van der Waals surface area contributed by atoms with E-state index in [0.29, 0.717) is 12.1 Å². The van der Waals surface area contributed by atoms with Crippen molar-refractivity contribution in [3.8, 4) is 0 Å². The summed E-state index contributed by atoms with van der Waals surface area (Å²) in [6.07, 6.45) is 1.51. The number of sulfonamides is 1. The van der Waals surface area contributed by atoms with Gasteiger partial charge in [0.15, 0.2) is 0 Å². The van der Waals surface area contributed by atoms with Crippen molar-refractivity contribution in [3.63, 3.8) is 0 Å². The second-order valence-electron chi connectivity index (χ2n) is 4.76. The Bertz CT molecular complexity index is 663. The van der Waals surface area contributed by atoms with Gasteiger partial charge in [-0.2, -0.15) is 0 Å². The van der Waals surface area contributed by atoms with Crippen LogP contribution in [0.4, 0.5) is 5.69 Å². The number of benzene rings is 2. The van der Waals surface area contributed by atoms with Crippen molar-refractivity contribution in [2.75, 3.05) is 24.1 Å². The number of unbranched alkanes of at least 4 members (excludes halogenated alkanes) is 1. The number of nitrogens with one attached hydrogen (secondary N) is 2. The van der Waals surface area contributed by atoms with Gasteiger partial charge in [0, 0.05) is 5.39 Å². The molecule has 0 saturated heterocycles. The fraction of sp³-hybridized carbons (Fsp3) is 0.333. The summed E-state index contributed by atoms with van der Waals surface area (Å²) in [6.45, 7) is 0.837. The summed E-state index contributed by atoms with van der Waals surface area (Å²) in [5.74, 6) is 0.151. The molecule has 0 aliphatic carbocycles. The Hall–Kier alpha value is -1.59. The maximum absolute atomic E-state index is 12.1. The zero-order chi connectivity index (χ0) is 14.4. The summed E-state index contributed by atoms with van der Waals surface area (Å²) >= 11 is 0. The van der Waals surface area contributed by atoms with Crippen molar-refractivity contribution < 1.29 is 8.42 Å². The summed E-state index contributed by atoms with van der Waals surface area (Å²) in [5, 5.41) is 4.97. The van der Waals surface area contributed by atoms with Crippen LogP contribution in [0.15, 0.2) is 42.5 Å². The van der Waals surface area contributed by atoms with Crippen molar-refractivity contribution in [3.05, 3.63) is 42.5 Å². The minimum absolute atomic E-state index is 0.151. The van der Waals surface area contributed by atoms with E-state index in [2.05, 4.69) is 10.0 Å². The SMILES string of the molecule is CNCCCCS(=O)(=O)Nc1cccc2ccccc12. The molecule has 0 aliphatic heterocycles. The normalized spacial score (nSPS) is 11.7. The Morgan fingerprint density at radius 1 is 1.00 bits per heavy atom. The summed E-state index contributed by atoms with van der Waals surface area (Å²) in [6, 6.07) is 13.4. The van der Waals surface area contributed by atoms with Gasteiger partial charge >= 0.3 is 0 Å². The van der Waals surface area contributed by atoms with Crippen LogP contribution in [-0.4, -0.2) is 27.8 Å². The molecule has 20 heavy (non-hydrogen) atoms. The van der Waals surface area contributed by atoms with Gasteiger partial charge in [0.25, 0.3) is 0 Å². The zero-order valence-corrected chi connectivity index (χ0v) is 12.4. The Labute approximate surface area is 120 Å². The van der Waals surface area contributed by atoms with Crippen molar-refractivity contribution in [1.29, 1.82) is 0 Å². The fourth-order valence-corrected chi connectivity index (χ4v) is 3.33. The third-order valence-corrected chi connectivity index (χ3v) is 4.50. The molecule has 0 heterocycles. The second kappa shape index (κ2) is 6.72. The molecule has 5 heteroatoms. The average Bonchev–Trinajstić information content (AvgIpc) is 2.44. The first-order chi connectivity index (χ1) is 9.62. The number of anilines is 1. The monoisotopic (exact) mass is 292 g/mol. The highest BCUT2D eigenvalue weighted by Crippen LogP contribution is 2.23. The fourth-order valence-electron chi connectivity index (χ4n) is 2.13. The smallest absolute Gasteiger partial charge is 0.232 e. The molecular weight excluding hydrogens is 272 g/mol. The lowest BCUT2D eigenvalue weighted by atomic mass is 10.1. The van der Waals surface area contributed by atoms with Gasteiger partial charge in [-0.3, -0.25) is 4.72 Å². The van der Waals surface area contributed by atoms with Crippen molar-refractivity contribution in [2.24, 2.45) is 0 Å².